The van der Waals surface area contributed by atoms with Gasteiger partial charge < -0.3 is 10.6 Å². The van der Waals surface area contributed by atoms with Gasteiger partial charge >= 0.3 is 0 Å². The molecule has 0 spiro atoms. The molecular weight excluding hydrogens is 362 g/mol. The Morgan fingerprint density at radius 2 is 2.07 bits per heavy atom. The second-order valence-electron chi connectivity index (χ2n) is 7.14. The fourth-order valence-electron chi connectivity index (χ4n) is 3.29. The van der Waals surface area contributed by atoms with Gasteiger partial charge in [-0.05, 0) is 49.7 Å². The lowest BCUT2D eigenvalue weighted by Gasteiger charge is -2.15. The maximum absolute atomic E-state index is 14.4. The molecule has 0 unspecified atom stereocenters. The average molecular weight is 382 g/mol. The van der Waals surface area contributed by atoms with Gasteiger partial charge in [0.25, 0.3) is 0 Å². The summed E-state index contributed by atoms with van der Waals surface area (Å²) in [5, 5.41) is 13.4. The van der Waals surface area contributed by atoms with Crippen LogP contribution in [-0.4, -0.2) is 29.7 Å². The van der Waals surface area contributed by atoms with Gasteiger partial charge in [0.15, 0.2) is 0 Å². The molecule has 3 aromatic rings. The predicted octanol–water partition coefficient (Wildman–Crippen LogP) is 3.95. The number of halogens is 2. The Kier molecular flexibility index (Phi) is 4.68. The highest BCUT2D eigenvalue weighted by atomic mass is 19.1. The minimum Gasteiger partial charge on any atom is -0.323 e. The number of benzene rings is 2. The van der Waals surface area contributed by atoms with Crippen LogP contribution < -0.4 is 10.6 Å². The van der Waals surface area contributed by atoms with Gasteiger partial charge in [-0.3, -0.25) is 9.89 Å². The standard InChI is InChI=1S/C21H20F2N4O/c1-24-12-21(7-8-21)20(28)25-19-10-15-17(26-27-18(15)11-16(19)23)6-5-13-3-2-4-14(22)9-13/h2-6,9-11,24H,7-8,12H2,1H3,(H,25,28)(H,26,27). The van der Waals surface area contributed by atoms with E-state index in [1.54, 1.807) is 37.4 Å². The molecule has 1 amide bonds. The van der Waals surface area contributed by atoms with E-state index in [0.717, 1.165) is 12.8 Å². The van der Waals surface area contributed by atoms with Crippen LogP contribution in [-0.2, 0) is 4.79 Å². The van der Waals surface area contributed by atoms with Crippen molar-refractivity contribution in [2.24, 2.45) is 5.41 Å². The molecule has 1 heterocycles. The van der Waals surface area contributed by atoms with Crippen LogP contribution in [0.4, 0.5) is 14.5 Å². The maximum atomic E-state index is 14.4. The number of aromatic nitrogens is 2. The summed E-state index contributed by atoms with van der Waals surface area (Å²) in [4.78, 5) is 12.6. The Morgan fingerprint density at radius 1 is 1.25 bits per heavy atom. The van der Waals surface area contributed by atoms with Crippen molar-refractivity contribution < 1.29 is 13.6 Å². The first-order valence-corrected chi connectivity index (χ1v) is 9.08. The zero-order chi connectivity index (χ0) is 19.7. The lowest BCUT2D eigenvalue weighted by Crippen LogP contribution is -2.32. The lowest BCUT2D eigenvalue weighted by molar-refractivity contribution is -0.121. The number of hydrogen-bond acceptors (Lipinski definition) is 3. The predicted molar refractivity (Wildman–Crippen MR) is 106 cm³/mol. The highest BCUT2D eigenvalue weighted by Gasteiger charge is 2.49. The fourth-order valence-corrected chi connectivity index (χ4v) is 3.29. The Bertz CT molecular complexity index is 1070. The molecule has 3 N–H and O–H groups in total. The molecule has 28 heavy (non-hydrogen) atoms. The van der Waals surface area contributed by atoms with Crippen LogP contribution in [0.5, 0.6) is 0 Å². The van der Waals surface area contributed by atoms with Crippen molar-refractivity contribution in [2.45, 2.75) is 12.8 Å². The van der Waals surface area contributed by atoms with E-state index < -0.39 is 11.2 Å². The van der Waals surface area contributed by atoms with E-state index in [0.29, 0.717) is 28.7 Å². The quantitative estimate of drug-likeness (QED) is 0.605. The minimum atomic E-state index is -0.523. The number of rotatable bonds is 6. The van der Waals surface area contributed by atoms with E-state index in [-0.39, 0.29) is 17.4 Å². The molecule has 0 atom stereocenters. The third-order valence-electron chi connectivity index (χ3n) is 5.06. The van der Waals surface area contributed by atoms with Gasteiger partial charge in [-0.25, -0.2) is 8.78 Å². The third kappa shape index (κ3) is 3.53. The molecule has 4 rings (SSSR count). The van der Waals surface area contributed by atoms with E-state index in [1.165, 1.54) is 18.2 Å². The number of anilines is 1. The summed E-state index contributed by atoms with van der Waals surface area (Å²) in [5.41, 5.74) is 1.46. The Balaban J connectivity index is 1.62. The molecule has 1 aliphatic rings. The molecule has 5 nitrogen and oxygen atoms in total. The van der Waals surface area contributed by atoms with Gasteiger partial charge in [0.05, 0.1) is 22.3 Å². The van der Waals surface area contributed by atoms with Crippen LogP contribution in [0.25, 0.3) is 23.1 Å². The second kappa shape index (κ2) is 7.16. The summed E-state index contributed by atoms with van der Waals surface area (Å²) in [7, 11) is 1.79. The highest BCUT2D eigenvalue weighted by molar-refractivity contribution is 6.00. The first-order valence-electron chi connectivity index (χ1n) is 9.08. The van der Waals surface area contributed by atoms with Crippen LogP contribution in [0.15, 0.2) is 36.4 Å². The van der Waals surface area contributed by atoms with E-state index in [2.05, 4.69) is 20.8 Å². The number of hydrogen-bond donors (Lipinski definition) is 3. The number of aromatic amines is 1. The molecule has 0 saturated heterocycles. The van der Waals surface area contributed by atoms with Gasteiger partial charge in [-0.2, -0.15) is 5.10 Å². The Morgan fingerprint density at radius 3 is 2.79 bits per heavy atom. The molecule has 1 saturated carbocycles. The van der Waals surface area contributed by atoms with E-state index >= 15 is 0 Å². The molecule has 1 fully saturated rings. The van der Waals surface area contributed by atoms with Crippen LogP contribution in [0.2, 0.25) is 0 Å². The summed E-state index contributed by atoms with van der Waals surface area (Å²) in [6.07, 6.45) is 5.03. The maximum Gasteiger partial charge on any atom is 0.231 e. The van der Waals surface area contributed by atoms with Crippen molar-refractivity contribution >= 4 is 34.6 Å². The number of nitrogens with one attached hydrogen (secondary N) is 3. The number of carbonyl (C=O) groups excluding carboxylic acids is 1. The summed E-state index contributed by atoms with van der Waals surface area (Å²) < 4.78 is 27.8. The molecule has 1 aromatic heterocycles. The number of fused-ring (bicyclic) bond motifs is 1. The number of carbonyl (C=O) groups is 1. The van der Waals surface area contributed by atoms with Crippen molar-refractivity contribution in [3.05, 3.63) is 59.3 Å². The van der Waals surface area contributed by atoms with Crippen LogP contribution >= 0.6 is 0 Å². The first-order chi connectivity index (χ1) is 13.5. The van der Waals surface area contributed by atoms with Crippen molar-refractivity contribution in [1.82, 2.24) is 15.5 Å². The molecule has 0 bridgehead atoms. The monoisotopic (exact) mass is 382 g/mol. The number of nitrogens with zero attached hydrogens (tertiary/aromatic N) is 1. The van der Waals surface area contributed by atoms with Crippen molar-refractivity contribution in [1.29, 1.82) is 0 Å². The van der Waals surface area contributed by atoms with Gasteiger partial charge in [-0.15, -0.1) is 0 Å². The van der Waals surface area contributed by atoms with Crippen LogP contribution in [0.1, 0.15) is 24.1 Å². The zero-order valence-corrected chi connectivity index (χ0v) is 15.4. The normalized spacial score (nSPS) is 15.2. The summed E-state index contributed by atoms with van der Waals surface area (Å²) in [6, 6.07) is 9.07. The summed E-state index contributed by atoms with van der Waals surface area (Å²) in [6.45, 7) is 0.566. The largest absolute Gasteiger partial charge is 0.323 e. The zero-order valence-electron chi connectivity index (χ0n) is 15.4. The van der Waals surface area contributed by atoms with E-state index in [9.17, 15) is 13.6 Å². The van der Waals surface area contributed by atoms with Gasteiger partial charge in [0.2, 0.25) is 5.91 Å². The lowest BCUT2D eigenvalue weighted by atomic mass is 10.1. The fraction of sp³-hybridized carbons (Fsp3) is 0.238. The number of amides is 1. The molecule has 0 aliphatic heterocycles. The molecule has 144 valence electrons. The number of H-pyrrole nitrogens is 1. The Labute approximate surface area is 160 Å². The van der Waals surface area contributed by atoms with E-state index in [4.69, 9.17) is 0 Å². The van der Waals surface area contributed by atoms with Gasteiger partial charge in [-0.1, -0.05) is 18.2 Å². The second-order valence-corrected chi connectivity index (χ2v) is 7.14. The van der Waals surface area contributed by atoms with Crippen molar-refractivity contribution in [3.8, 4) is 0 Å². The van der Waals surface area contributed by atoms with Crippen LogP contribution in [0.3, 0.4) is 0 Å². The minimum absolute atomic E-state index is 0.127. The smallest absolute Gasteiger partial charge is 0.231 e. The average Bonchev–Trinajstić information content (AvgIpc) is 3.36. The highest BCUT2D eigenvalue weighted by Crippen LogP contribution is 2.46. The Hall–Kier alpha value is -3.06. The molecular formula is C21H20F2N4O. The van der Waals surface area contributed by atoms with E-state index in [1.807, 2.05) is 0 Å². The summed E-state index contributed by atoms with van der Waals surface area (Å²) >= 11 is 0. The molecule has 7 heteroatoms. The van der Waals surface area contributed by atoms with Gasteiger partial charge in [0.1, 0.15) is 11.6 Å². The van der Waals surface area contributed by atoms with Crippen LogP contribution in [0, 0.1) is 17.0 Å². The third-order valence-corrected chi connectivity index (χ3v) is 5.06. The molecule has 0 radical (unpaired) electrons. The van der Waals surface area contributed by atoms with Gasteiger partial charge in [0, 0.05) is 18.0 Å². The van der Waals surface area contributed by atoms with Crippen molar-refractivity contribution in [3.63, 3.8) is 0 Å². The summed E-state index contributed by atoms with van der Waals surface area (Å²) in [5.74, 6) is -1.03. The van der Waals surface area contributed by atoms with Crippen molar-refractivity contribution in [2.75, 3.05) is 18.9 Å². The SMILES string of the molecule is CNCC1(C(=O)Nc2cc3c(C=Cc4cccc(F)c4)n[nH]c3cc2F)CC1. The molecule has 2 aromatic carbocycles. The molecule has 1 aliphatic carbocycles. The first kappa shape index (κ1) is 18.3. The topological polar surface area (TPSA) is 69.8 Å².